The van der Waals surface area contributed by atoms with Crippen LogP contribution in [0.2, 0.25) is 0 Å². The number of rotatable bonds is 7. The second-order valence-corrected chi connectivity index (χ2v) is 8.31. The van der Waals surface area contributed by atoms with E-state index in [0.29, 0.717) is 28.5 Å². The Labute approximate surface area is 204 Å². The number of carbonyl (C=O) groups is 2. The van der Waals surface area contributed by atoms with Crippen molar-refractivity contribution >= 4 is 23.1 Å². The summed E-state index contributed by atoms with van der Waals surface area (Å²) in [6.45, 7) is 3.86. The average molecular weight is 474 g/mol. The van der Waals surface area contributed by atoms with Crippen LogP contribution in [0.25, 0.3) is 5.76 Å². The molecule has 0 saturated carbocycles. The summed E-state index contributed by atoms with van der Waals surface area (Å²) in [4.78, 5) is 28.0. The zero-order chi connectivity index (χ0) is 25.1. The van der Waals surface area contributed by atoms with Gasteiger partial charge in [-0.3, -0.25) is 14.5 Å². The molecule has 1 atom stereocenters. The molecule has 1 aliphatic rings. The highest BCUT2D eigenvalue weighted by Crippen LogP contribution is 2.43. The van der Waals surface area contributed by atoms with E-state index < -0.39 is 17.7 Å². The maximum absolute atomic E-state index is 13.3. The minimum atomic E-state index is -0.850. The largest absolute Gasteiger partial charge is 0.507 e. The van der Waals surface area contributed by atoms with Crippen molar-refractivity contribution in [1.82, 2.24) is 0 Å². The van der Waals surface area contributed by atoms with Gasteiger partial charge in [-0.2, -0.15) is 0 Å². The number of carbonyl (C=O) groups excluding carboxylic acids is 2. The van der Waals surface area contributed by atoms with E-state index in [2.05, 4.69) is 0 Å². The lowest BCUT2D eigenvalue weighted by molar-refractivity contribution is -0.132. The molecule has 1 saturated heterocycles. The third-order valence-corrected chi connectivity index (χ3v) is 5.71. The molecule has 1 N–H and O–H groups in total. The van der Waals surface area contributed by atoms with E-state index in [1.807, 2.05) is 19.9 Å². The molecule has 0 aromatic heterocycles. The molecule has 1 heterocycles. The topological polar surface area (TPSA) is 85.3 Å². The summed E-state index contributed by atoms with van der Waals surface area (Å²) in [5.41, 5.74) is 1.45. The zero-order valence-electron chi connectivity index (χ0n) is 20.0. The molecule has 180 valence electrons. The van der Waals surface area contributed by atoms with Gasteiger partial charge < -0.3 is 19.3 Å². The van der Waals surface area contributed by atoms with E-state index in [-0.39, 0.29) is 23.0 Å². The molecule has 1 aliphatic heterocycles. The van der Waals surface area contributed by atoms with Crippen LogP contribution in [0, 0.1) is 0 Å². The number of amides is 1. The predicted octanol–water partition coefficient (Wildman–Crippen LogP) is 5.12. The van der Waals surface area contributed by atoms with Gasteiger partial charge in [-0.15, -0.1) is 0 Å². The second-order valence-electron chi connectivity index (χ2n) is 8.31. The predicted molar refractivity (Wildman–Crippen MR) is 133 cm³/mol. The number of aliphatic hydroxyl groups excluding tert-OH is 1. The second kappa shape index (κ2) is 9.93. The van der Waals surface area contributed by atoms with Crippen molar-refractivity contribution in [3.8, 4) is 17.2 Å². The van der Waals surface area contributed by atoms with Crippen LogP contribution in [0.4, 0.5) is 5.69 Å². The molecule has 35 heavy (non-hydrogen) atoms. The van der Waals surface area contributed by atoms with Crippen LogP contribution in [-0.2, 0) is 9.59 Å². The molecule has 3 aromatic carbocycles. The smallest absolute Gasteiger partial charge is 0.300 e. The fraction of sp³-hybridized carbons (Fsp3) is 0.214. The van der Waals surface area contributed by atoms with Gasteiger partial charge in [0.25, 0.3) is 11.7 Å². The maximum Gasteiger partial charge on any atom is 0.300 e. The van der Waals surface area contributed by atoms with E-state index in [1.165, 1.54) is 19.1 Å². The Morgan fingerprint density at radius 1 is 0.886 bits per heavy atom. The number of anilines is 1. The summed E-state index contributed by atoms with van der Waals surface area (Å²) in [6.07, 6.45) is -0.00154. The van der Waals surface area contributed by atoms with Gasteiger partial charge in [0.1, 0.15) is 23.0 Å². The molecule has 0 spiro atoms. The molecule has 1 fully saturated rings. The normalized spacial score (nSPS) is 17.1. The van der Waals surface area contributed by atoms with Gasteiger partial charge in [0.05, 0.1) is 37.5 Å². The Morgan fingerprint density at radius 3 is 2.14 bits per heavy atom. The Balaban J connectivity index is 1.91. The first-order valence-electron chi connectivity index (χ1n) is 11.2. The highest BCUT2D eigenvalue weighted by atomic mass is 16.5. The van der Waals surface area contributed by atoms with Crippen LogP contribution in [-0.4, -0.2) is 37.1 Å². The summed E-state index contributed by atoms with van der Waals surface area (Å²) in [5, 5.41) is 11.4. The third-order valence-electron chi connectivity index (χ3n) is 5.71. The van der Waals surface area contributed by atoms with Crippen LogP contribution in [0.3, 0.4) is 0 Å². The van der Waals surface area contributed by atoms with Gasteiger partial charge in [0.15, 0.2) is 0 Å². The molecular formula is C28H27NO6. The van der Waals surface area contributed by atoms with Gasteiger partial charge in [-0.05, 0) is 55.8 Å². The Morgan fingerprint density at radius 2 is 1.54 bits per heavy atom. The first-order chi connectivity index (χ1) is 16.8. The molecule has 7 heteroatoms. The van der Waals surface area contributed by atoms with Crippen molar-refractivity contribution in [2.75, 3.05) is 19.1 Å². The van der Waals surface area contributed by atoms with E-state index >= 15 is 0 Å². The monoisotopic (exact) mass is 473 g/mol. The lowest BCUT2D eigenvalue weighted by Gasteiger charge is -2.25. The third kappa shape index (κ3) is 4.57. The molecule has 7 nitrogen and oxygen atoms in total. The number of benzene rings is 3. The summed E-state index contributed by atoms with van der Waals surface area (Å²) in [5.74, 6) is -0.326. The quantitative estimate of drug-likeness (QED) is 0.291. The van der Waals surface area contributed by atoms with Crippen molar-refractivity contribution in [3.63, 3.8) is 0 Å². The average Bonchev–Trinajstić information content (AvgIpc) is 3.14. The van der Waals surface area contributed by atoms with Crippen molar-refractivity contribution in [2.45, 2.75) is 26.0 Å². The van der Waals surface area contributed by atoms with Gasteiger partial charge in [-0.25, -0.2) is 0 Å². The van der Waals surface area contributed by atoms with Crippen LogP contribution in [0.1, 0.15) is 31.0 Å². The summed E-state index contributed by atoms with van der Waals surface area (Å²) < 4.78 is 16.4. The van der Waals surface area contributed by atoms with Crippen molar-refractivity contribution in [1.29, 1.82) is 0 Å². The number of para-hydroxylation sites is 1. The molecule has 1 amide bonds. The number of Topliss-reactive ketones (excluding diaryl/α,β-unsaturated/α-hetero) is 1. The maximum atomic E-state index is 13.3. The minimum Gasteiger partial charge on any atom is -0.507 e. The summed E-state index contributed by atoms with van der Waals surface area (Å²) >= 11 is 0. The zero-order valence-corrected chi connectivity index (χ0v) is 20.0. The Kier molecular flexibility index (Phi) is 6.78. The number of nitrogens with zero attached hydrogens (tertiary/aromatic N) is 1. The number of aliphatic hydroxyl groups is 1. The molecule has 0 aliphatic carbocycles. The van der Waals surface area contributed by atoms with E-state index in [0.717, 1.165) is 0 Å². The first kappa shape index (κ1) is 23.9. The van der Waals surface area contributed by atoms with Gasteiger partial charge in [0, 0.05) is 11.8 Å². The lowest BCUT2D eigenvalue weighted by atomic mass is 9.94. The molecule has 3 aromatic rings. The number of hydrogen-bond acceptors (Lipinski definition) is 6. The van der Waals surface area contributed by atoms with E-state index in [9.17, 15) is 14.7 Å². The standard InChI is InChI=1S/C28H27NO6/c1-17(2)35-20-12-10-18(11-13-20)25-24(26(30)22-15-14-21(33-3)16-23(22)34-4)27(31)28(32)29(25)19-8-6-5-7-9-19/h5-17,25,30H,1-4H3/b26-24-. The lowest BCUT2D eigenvalue weighted by Crippen LogP contribution is -2.29. The van der Waals surface area contributed by atoms with Crippen LogP contribution < -0.4 is 19.1 Å². The van der Waals surface area contributed by atoms with E-state index in [1.54, 1.807) is 66.7 Å². The number of methoxy groups -OCH3 is 2. The molecule has 4 rings (SSSR count). The van der Waals surface area contributed by atoms with Crippen LogP contribution in [0.15, 0.2) is 78.4 Å². The number of ketones is 1. The molecule has 0 bridgehead atoms. The highest BCUT2D eigenvalue weighted by Gasteiger charge is 2.47. The number of hydrogen-bond donors (Lipinski definition) is 1. The fourth-order valence-corrected chi connectivity index (χ4v) is 4.14. The molecule has 1 unspecified atom stereocenters. The van der Waals surface area contributed by atoms with Crippen molar-refractivity contribution in [2.24, 2.45) is 0 Å². The van der Waals surface area contributed by atoms with Gasteiger partial charge in [0.2, 0.25) is 0 Å². The van der Waals surface area contributed by atoms with E-state index in [4.69, 9.17) is 14.2 Å². The summed E-state index contributed by atoms with van der Waals surface area (Å²) in [7, 11) is 2.98. The molecular weight excluding hydrogens is 446 g/mol. The number of ether oxygens (including phenoxy) is 3. The minimum absolute atomic E-state index is 0.00154. The summed E-state index contributed by atoms with van der Waals surface area (Å²) in [6, 6.07) is 20.1. The first-order valence-corrected chi connectivity index (χ1v) is 11.2. The SMILES string of the molecule is COc1ccc(/C(O)=C2/C(=O)C(=O)N(c3ccccc3)C2c2ccc(OC(C)C)cc2)c(OC)c1. The van der Waals surface area contributed by atoms with Crippen LogP contribution in [0.5, 0.6) is 17.2 Å². The van der Waals surface area contributed by atoms with Crippen molar-refractivity contribution < 1.29 is 28.9 Å². The Bertz CT molecular complexity index is 1260. The molecule has 0 radical (unpaired) electrons. The van der Waals surface area contributed by atoms with Crippen molar-refractivity contribution in [3.05, 3.63) is 89.5 Å². The van der Waals surface area contributed by atoms with Gasteiger partial charge in [-0.1, -0.05) is 30.3 Å². The highest BCUT2D eigenvalue weighted by molar-refractivity contribution is 6.51. The van der Waals surface area contributed by atoms with Gasteiger partial charge >= 0.3 is 0 Å². The fourth-order valence-electron chi connectivity index (χ4n) is 4.14. The Hall–Kier alpha value is -4.26. The van der Waals surface area contributed by atoms with Crippen LogP contribution >= 0.6 is 0 Å².